The van der Waals surface area contributed by atoms with Gasteiger partial charge in [0.2, 0.25) is 0 Å². The van der Waals surface area contributed by atoms with Gasteiger partial charge in [-0.3, -0.25) is 4.79 Å². The molecular formula is C21H16BrNOS2. The predicted molar refractivity (Wildman–Crippen MR) is 117 cm³/mol. The second-order valence-corrected chi connectivity index (χ2v) is 7.86. The highest BCUT2D eigenvalue weighted by Gasteiger charge is 2.10. The topological polar surface area (TPSA) is 30.0 Å². The number of para-hydroxylation sites is 1. The maximum atomic E-state index is 12.4. The average molecular weight is 442 g/mol. The van der Waals surface area contributed by atoms with Crippen LogP contribution in [0.25, 0.3) is 21.3 Å². The standard InChI is InChI=1S/C21H15NOS2.BrH/c23-19(14-24-21-22-18-8-4-5-9-20(18)25-21)17-12-10-16(11-13-17)15-6-2-1-3-7-15;/h1-13H,14H2;1H. The van der Waals surface area contributed by atoms with Crippen molar-refractivity contribution in [2.75, 3.05) is 5.75 Å². The number of thioether (sulfide) groups is 1. The fourth-order valence-electron chi connectivity index (χ4n) is 2.60. The Morgan fingerprint density at radius 2 is 1.50 bits per heavy atom. The minimum atomic E-state index is 0. The van der Waals surface area contributed by atoms with Crippen LogP contribution in [-0.4, -0.2) is 16.5 Å². The monoisotopic (exact) mass is 441 g/mol. The number of thiazole rings is 1. The second-order valence-electron chi connectivity index (χ2n) is 5.60. The van der Waals surface area contributed by atoms with E-state index in [0.29, 0.717) is 5.75 Å². The van der Waals surface area contributed by atoms with Gasteiger partial charge in [-0.1, -0.05) is 78.5 Å². The van der Waals surface area contributed by atoms with E-state index in [-0.39, 0.29) is 22.8 Å². The molecular weight excluding hydrogens is 426 g/mol. The average Bonchev–Trinajstić information content (AvgIpc) is 3.10. The highest BCUT2D eigenvalue weighted by Crippen LogP contribution is 2.29. The van der Waals surface area contributed by atoms with Gasteiger partial charge in [0.05, 0.1) is 16.0 Å². The van der Waals surface area contributed by atoms with E-state index in [9.17, 15) is 4.79 Å². The van der Waals surface area contributed by atoms with Crippen molar-refractivity contribution >= 4 is 56.1 Å². The SMILES string of the molecule is Br.O=C(CSc1nc2ccccc2s1)c1ccc(-c2ccccc2)cc1. The Morgan fingerprint density at radius 1 is 0.846 bits per heavy atom. The first-order chi connectivity index (χ1) is 12.3. The lowest BCUT2D eigenvalue weighted by Gasteiger charge is -2.03. The van der Waals surface area contributed by atoms with Gasteiger partial charge in [0.15, 0.2) is 10.1 Å². The summed E-state index contributed by atoms with van der Waals surface area (Å²) in [6.07, 6.45) is 0. The number of halogens is 1. The van der Waals surface area contributed by atoms with E-state index in [2.05, 4.69) is 23.2 Å². The van der Waals surface area contributed by atoms with Gasteiger partial charge < -0.3 is 0 Å². The number of Topliss-reactive ketones (excluding diaryl/α,β-unsaturated/α-hetero) is 1. The fraction of sp³-hybridized carbons (Fsp3) is 0.0476. The number of fused-ring (bicyclic) bond motifs is 1. The van der Waals surface area contributed by atoms with Gasteiger partial charge in [0.1, 0.15) is 0 Å². The van der Waals surface area contributed by atoms with Crippen LogP contribution in [0.15, 0.2) is 83.2 Å². The summed E-state index contributed by atoms with van der Waals surface area (Å²) in [5, 5.41) is 0. The molecule has 2 nitrogen and oxygen atoms in total. The van der Waals surface area contributed by atoms with Crippen molar-refractivity contribution in [2.24, 2.45) is 0 Å². The summed E-state index contributed by atoms with van der Waals surface area (Å²) in [7, 11) is 0. The zero-order chi connectivity index (χ0) is 17.1. The van der Waals surface area contributed by atoms with Gasteiger partial charge in [0.25, 0.3) is 0 Å². The van der Waals surface area contributed by atoms with Crippen molar-refractivity contribution in [1.82, 2.24) is 4.98 Å². The van der Waals surface area contributed by atoms with Gasteiger partial charge in [-0.25, -0.2) is 4.98 Å². The van der Waals surface area contributed by atoms with E-state index in [1.165, 1.54) is 11.8 Å². The van der Waals surface area contributed by atoms with E-state index >= 15 is 0 Å². The molecule has 0 amide bonds. The smallest absolute Gasteiger partial charge is 0.173 e. The van der Waals surface area contributed by atoms with Crippen LogP contribution < -0.4 is 0 Å². The van der Waals surface area contributed by atoms with Crippen LogP contribution in [0.3, 0.4) is 0 Å². The molecule has 1 aromatic heterocycles. The third-order valence-corrected chi connectivity index (χ3v) is 6.09. The van der Waals surface area contributed by atoms with E-state index in [4.69, 9.17) is 0 Å². The molecule has 5 heteroatoms. The summed E-state index contributed by atoms with van der Waals surface area (Å²) in [6, 6.07) is 26.0. The van der Waals surface area contributed by atoms with Gasteiger partial charge in [-0.05, 0) is 23.3 Å². The Morgan fingerprint density at radius 3 is 2.23 bits per heavy atom. The normalized spacial score (nSPS) is 10.5. The number of hydrogen-bond donors (Lipinski definition) is 0. The fourth-order valence-corrected chi connectivity index (χ4v) is 4.57. The van der Waals surface area contributed by atoms with E-state index < -0.39 is 0 Å². The van der Waals surface area contributed by atoms with Gasteiger partial charge in [-0.15, -0.1) is 28.3 Å². The number of rotatable bonds is 5. The molecule has 0 atom stereocenters. The molecule has 0 saturated carbocycles. The summed E-state index contributed by atoms with van der Waals surface area (Å²) in [4.78, 5) is 17.0. The lowest BCUT2D eigenvalue weighted by molar-refractivity contribution is 0.102. The highest BCUT2D eigenvalue weighted by atomic mass is 79.9. The van der Waals surface area contributed by atoms with Crippen LogP contribution in [0.4, 0.5) is 0 Å². The van der Waals surface area contributed by atoms with Gasteiger partial charge in [0, 0.05) is 5.56 Å². The molecule has 0 aliphatic rings. The summed E-state index contributed by atoms with van der Waals surface area (Å²) in [6.45, 7) is 0. The van der Waals surface area contributed by atoms with Gasteiger partial charge >= 0.3 is 0 Å². The van der Waals surface area contributed by atoms with Crippen LogP contribution in [0.2, 0.25) is 0 Å². The van der Waals surface area contributed by atoms with Crippen molar-refractivity contribution in [3.63, 3.8) is 0 Å². The number of carbonyl (C=O) groups excluding carboxylic acids is 1. The molecule has 0 aliphatic carbocycles. The number of benzene rings is 3. The summed E-state index contributed by atoms with van der Waals surface area (Å²) >= 11 is 3.14. The van der Waals surface area contributed by atoms with Crippen molar-refractivity contribution in [1.29, 1.82) is 0 Å². The van der Waals surface area contributed by atoms with Crippen LogP contribution in [0.1, 0.15) is 10.4 Å². The molecule has 0 radical (unpaired) electrons. The molecule has 0 aliphatic heterocycles. The number of aromatic nitrogens is 1. The molecule has 0 N–H and O–H groups in total. The summed E-state index contributed by atoms with van der Waals surface area (Å²) in [5.74, 6) is 0.536. The molecule has 0 spiro atoms. The quantitative estimate of drug-likeness (QED) is 0.261. The molecule has 0 fully saturated rings. The first-order valence-corrected chi connectivity index (χ1v) is 9.77. The van der Waals surface area contributed by atoms with E-state index in [1.807, 2.05) is 60.7 Å². The van der Waals surface area contributed by atoms with Crippen molar-refractivity contribution in [3.8, 4) is 11.1 Å². The largest absolute Gasteiger partial charge is 0.293 e. The Balaban J connectivity index is 0.00000196. The molecule has 4 aromatic rings. The Labute approximate surface area is 171 Å². The lowest BCUT2D eigenvalue weighted by Crippen LogP contribution is -2.01. The van der Waals surface area contributed by atoms with Crippen molar-refractivity contribution < 1.29 is 4.79 Å². The Bertz CT molecular complexity index is 980. The van der Waals surface area contributed by atoms with Crippen LogP contribution >= 0.6 is 40.1 Å². The summed E-state index contributed by atoms with van der Waals surface area (Å²) in [5.41, 5.74) is 4.02. The number of nitrogens with zero attached hydrogens (tertiary/aromatic N) is 1. The number of ketones is 1. The molecule has 0 bridgehead atoms. The zero-order valence-corrected chi connectivity index (χ0v) is 17.1. The molecule has 3 aromatic carbocycles. The lowest BCUT2D eigenvalue weighted by atomic mass is 10.0. The first kappa shape index (κ1) is 18.8. The number of carbonyl (C=O) groups is 1. The maximum Gasteiger partial charge on any atom is 0.173 e. The molecule has 1 heterocycles. The minimum absolute atomic E-state index is 0. The summed E-state index contributed by atoms with van der Waals surface area (Å²) < 4.78 is 2.10. The number of hydrogen-bond acceptors (Lipinski definition) is 4. The predicted octanol–water partition coefficient (Wildman–Crippen LogP) is 6.52. The third-order valence-electron chi connectivity index (χ3n) is 3.91. The van der Waals surface area contributed by atoms with Crippen LogP contribution in [-0.2, 0) is 0 Å². The molecule has 0 saturated heterocycles. The van der Waals surface area contributed by atoms with Crippen molar-refractivity contribution in [2.45, 2.75) is 4.34 Å². The van der Waals surface area contributed by atoms with Crippen LogP contribution in [0.5, 0.6) is 0 Å². The second kappa shape index (κ2) is 8.62. The minimum Gasteiger partial charge on any atom is -0.293 e. The van der Waals surface area contributed by atoms with E-state index in [0.717, 1.165) is 31.2 Å². The van der Waals surface area contributed by atoms with Gasteiger partial charge in [-0.2, -0.15) is 0 Å². The highest BCUT2D eigenvalue weighted by molar-refractivity contribution is 8.93. The Kier molecular flexibility index (Phi) is 6.25. The third kappa shape index (κ3) is 4.23. The first-order valence-electron chi connectivity index (χ1n) is 7.97. The van der Waals surface area contributed by atoms with Crippen molar-refractivity contribution in [3.05, 3.63) is 84.4 Å². The van der Waals surface area contributed by atoms with E-state index in [1.54, 1.807) is 11.3 Å². The molecule has 26 heavy (non-hydrogen) atoms. The molecule has 0 unspecified atom stereocenters. The zero-order valence-electron chi connectivity index (χ0n) is 13.8. The maximum absolute atomic E-state index is 12.4. The Hall–Kier alpha value is -1.95. The van der Waals surface area contributed by atoms with Crippen LogP contribution in [0, 0.1) is 0 Å². The molecule has 130 valence electrons. The molecule has 4 rings (SSSR count).